The van der Waals surface area contributed by atoms with E-state index in [1.54, 1.807) is 0 Å². The smallest absolute Gasteiger partial charge is 0.169 e. The van der Waals surface area contributed by atoms with Crippen molar-refractivity contribution >= 4 is 0 Å². The standard InChI is InChI=1S/C6H9N3O4/c7-9-8-3-5(11)4(10)2-1-12-6(3)13-2/h2-6,10-11H,1H2/t2-,3-,4+,5-,6-/m1/s1. The minimum absolute atomic E-state index is 0.223. The minimum atomic E-state index is -1.11. The highest BCUT2D eigenvalue weighted by Crippen LogP contribution is 2.29. The molecule has 0 radical (unpaired) electrons. The van der Waals surface area contributed by atoms with Gasteiger partial charge in [0, 0.05) is 4.91 Å². The highest BCUT2D eigenvalue weighted by atomic mass is 16.7. The molecule has 72 valence electrons. The third-order valence-corrected chi connectivity index (χ3v) is 2.28. The first kappa shape index (κ1) is 8.74. The largest absolute Gasteiger partial charge is 0.390 e. The summed E-state index contributed by atoms with van der Waals surface area (Å²) in [5.41, 5.74) is 8.20. The van der Waals surface area contributed by atoms with E-state index in [9.17, 15) is 10.2 Å². The Labute approximate surface area is 73.5 Å². The number of fused-ring (bicyclic) bond motifs is 2. The molecule has 0 amide bonds. The molecule has 13 heavy (non-hydrogen) atoms. The molecule has 0 saturated carbocycles. The van der Waals surface area contributed by atoms with Gasteiger partial charge in [0.05, 0.1) is 12.7 Å². The normalized spacial score (nSPS) is 48.6. The summed E-state index contributed by atoms with van der Waals surface area (Å²) in [7, 11) is 0. The van der Waals surface area contributed by atoms with E-state index in [0.29, 0.717) is 0 Å². The van der Waals surface area contributed by atoms with E-state index >= 15 is 0 Å². The second-order valence-corrected chi connectivity index (χ2v) is 3.05. The molecule has 2 aliphatic rings. The molecule has 0 aromatic carbocycles. The van der Waals surface area contributed by atoms with Crippen LogP contribution in [0.25, 0.3) is 10.4 Å². The van der Waals surface area contributed by atoms with Gasteiger partial charge in [-0.3, -0.25) is 0 Å². The van der Waals surface area contributed by atoms with Crippen molar-refractivity contribution in [3.8, 4) is 0 Å². The summed E-state index contributed by atoms with van der Waals surface area (Å²) >= 11 is 0. The van der Waals surface area contributed by atoms with Gasteiger partial charge in [-0.25, -0.2) is 0 Å². The van der Waals surface area contributed by atoms with Crippen molar-refractivity contribution < 1.29 is 19.7 Å². The van der Waals surface area contributed by atoms with Gasteiger partial charge in [-0.1, -0.05) is 5.11 Å². The molecule has 2 fully saturated rings. The molecule has 0 spiro atoms. The lowest BCUT2D eigenvalue weighted by atomic mass is 10.00. The molecule has 2 aliphatic heterocycles. The van der Waals surface area contributed by atoms with Gasteiger partial charge in [0.25, 0.3) is 0 Å². The highest BCUT2D eigenvalue weighted by molar-refractivity contribution is 4.96. The predicted molar refractivity (Wildman–Crippen MR) is 39.6 cm³/mol. The van der Waals surface area contributed by atoms with Crippen LogP contribution in [-0.4, -0.2) is 47.5 Å². The fourth-order valence-electron chi connectivity index (χ4n) is 1.56. The zero-order valence-electron chi connectivity index (χ0n) is 6.65. The van der Waals surface area contributed by atoms with E-state index < -0.39 is 30.6 Å². The lowest BCUT2D eigenvalue weighted by Crippen LogP contribution is -2.52. The van der Waals surface area contributed by atoms with E-state index in [0.717, 1.165) is 0 Å². The number of hydrogen-bond donors (Lipinski definition) is 2. The second kappa shape index (κ2) is 3.13. The van der Waals surface area contributed by atoms with Crippen LogP contribution in [0.4, 0.5) is 0 Å². The van der Waals surface area contributed by atoms with Gasteiger partial charge in [-0.05, 0) is 5.53 Å². The fourth-order valence-corrected chi connectivity index (χ4v) is 1.56. The van der Waals surface area contributed by atoms with Crippen LogP contribution in [0.15, 0.2) is 5.11 Å². The van der Waals surface area contributed by atoms with Gasteiger partial charge in [0.2, 0.25) is 0 Å². The molecule has 0 unspecified atom stereocenters. The Morgan fingerprint density at radius 3 is 2.85 bits per heavy atom. The van der Waals surface area contributed by atoms with Crippen LogP contribution in [0.3, 0.4) is 0 Å². The number of aliphatic hydroxyl groups excluding tert-OH is 2. The zero-order chi connectivity index (χ0) is 9.42. The first-order valence-corrected chi connectivity index (χ1v) is 3.91. The van der Waals surface area contributed by atoms with E-state index in [1.165, 1.54) is 0 Å². The molecule has 2 N–H and O–H groups in total. The molecule has 7 nitrogen and oxygen atoms in total. The lowest BCUT2D eigenvalue weighted by Gasteiger charge is -2.32. The third-order valence-electron chi connectivity index (χ3n) is 2.28. The molecule has 0 aromatic heterocycles. The first-order valence-electron chi connectivity index (χ1n) is 3.91. The van der Waals surface area contributed by atoms with E-state index in [-0.39, 0.29) is 6.61 Å². The quantitative estimate of drug-likeness (QED) is 0.316. The first-order chi connectivity index (χ1) is 6.24. The topological polar surface area (TPSA) is 108 Å². The molecule has 0 aliphatic carbocycles. The zero-order valence-corrected chi connectivity index (χ0v) is 6.65. The second-order valence-electron chi connectivity index (χ2n) is 3.05. The molecular weight excluding hydrogens is 178 g/mol. The van der Waals surface area contributed by atoms with Crippen LogP contribution >= 0.6 is 0 Å². The van der Waals surface area contributed by atoms with Crippen LogP contribution in [0.2, 0.25) is 0 Å². The minimum Gasteiger partial charge on any atom is -0.390 e. The summed E-state index contributed by atoms with van der Waals surface area (Å²) in [6.07, 6.45) is -3.39. The molecule has 5 atom stereocenters. The molecule has 2 bridgehead atoms. The van der Waals surface area contributed by atoms with Crippen molar-refractivity contribution in [2.75, 3.05) is 6.61 Å². The van der Waals surface area contributed by atoms with Crippen LogP contribution in [0, 0.1) is 0 Å². The van der Waals surface area contributed by atoms with E-state index in [1.807, 2.05) is 0 Å². The van der Waals surface area contributed by atoms with Crippen molar-refractivity contribution in [2.24, 2.45) is 5.11 Å². The number of azide groups is 1. The average molecular weight is 187 g/mol. The average Bonchev–Trinajstić information content (AvgIpc) is 2.56. The Kier molecular flexibility index (Phi) is 2.10. The molecule has 7 heteroatoms. The predicted octanol–water partition coefficient (Wildman–Crippen LogP) is -0.858. The number of hydrogen-bond acceptors (Lipinski definition) is 5. The Morgan fingerprint density at radius 2 is 2.15 bits per heavy atom. The number of ether oxygens (including phenoxy) is 2. The van der Waals surface area contributed by atoms with Crippen molar-refractivity contribution in [2.45, 2.75) is 30.6 Å². The molecule has 2 rings (SSSR count). The number of rotatable bonds is 1. The maximum absolute atomic E-state index is 9.47. The van der Waals surface area contributed by atoms with Gasteiger partial charge in [0.15, 0.2) is 6.29 Å². The summed E-state index contributed by atoms with van der Waals surface area (Å²) < 4.78 is 10.2. The Morgan fingerprint density at radius 1 is 1.38 bits per heavy atom. The maximum Gasteiger partial charge on any atom is 0.169 e. The highest BCUT2D eigenvalue weighted by Gasteiger charge is 2.49. The molecule has 0 aromatic rings. The fraction of sp³-hybridized carbons (Fsp3) is 1.00. The Bertz CT molecular complexity index is 254. The SMILES string of the molecule is [N-]=[N+]=N[C@H]1[C@@H]2OC[C@@H](O2)[C@H](O)[C@@H]1O. The van der Waals surface area contributed by atoms with Crippen molar-refractivity contribution in [1.82, 2.24) is 0 Å². The summed E-state index contributed by atoms with van der Waals surface area (Å²) in [5.74, 6) is 0. The third kappa shape index (κ3) is 1.27. The van der Waals surface area contributed by atoms with Crippen LogP contribution in [0.1, 0.15) is 0 Å². The van der Waals surface area contributed by atoms with Crippen LogP contribution < -0.4 is 0 Å². The van der Waals surface area contributed by atoms with Gasteiger partial charge < -0.3 is 19.7 Å². The molecule has 2 heterocycles. The van der Waals surface area contributed by atoms with Crippen LogP contribution in [-0.2, 0) is 9.47 Å². The monoisotopic (exact) mass is 187 g/mol. The van der Waals surface area contributed by atoms with Gasteiger partial charge in [-0.2, -0.15) is 0 Å². The van der Waals surface area contributed by atoms with Gasteiger partial charge >= 0.3 is 0 Å². The van der Waals surface area contributed by atoms with Gasteiger partial charge in [0.1, 0.15) is 18.2 Å². The Balaban J connectivity index is 2.21. The lowest BCUT2D eigenvalue weighted by molar-refractivity contribution is -0.177. The van der Waals surface area contributed by atoms with E-state index in [4.69, 9.17) is 15.0 Å². The van der Waals surface area contributed by atoms with Crippen molar-refractivity contribution in [3.63, 3.8) is 0 Å². The summed E-state index contributed by atoms with van der Waals surface area (Å²) in [4.78, 5) is 2.55. The number of aliphatic hydroxyl groups is 2. The summed E-state index contributed by atoms with van der Waals surface area (Å²) in [6, 6.07) is -0.862. The van der Waals surface area contributed by atoms with Crippen molar-refractivity contribution in [1.29, 1.82) is 0 Å². The molecular formula is C6H9N3O4. The molecule has 2 saturated heterocycles. The number of nitrogens with zero attached hydrogens (tertiary/aromatic N) is 3. The Hall–Kier alpha value is -0.850. The summed E-state index contributed by atoms with van der Waals surface area (Å²) in [6.45, 7) is 0.223. The summed E-state index contributed by atoms with van der Waals surface area (Å²) in [5, 5.41) is 22.2. The maximum atomic E-state index is 9.47. The van der Waals surface area contributed by atoms with Gasteiger partial charge in [-0.15, -0.1) is 0 Å². The van der Waals surface area contributed by atoms with Crippen LogP contribution in [0.5, 0.6) is 0 Å². The van der Waals surface area contributed by atoms with E-state index in [2.05, 4.69) is 10.0 Å². The van der Waals surface area contributed by atoms with Crippen molar-refractivity contribution in [3.05, 3.63) is 10.4 Å².